The molecule has 2 amide bonds. The van der Waals surface area contributed by atoms with Crippen LogP contribution in [0.25, 0.3) is 0 Å². The number of carbonyl (C=O) groups is 2. The van der Waals surface area contributed by atoms with Crippen molar-refractivity contribution in [2.45, 2.75) is 25.3 Å². The highest BCUT2D eigenvalue weighted by molar-refractivity contribution is 5.81. The molecule has 5 heteroatoms. The van der Waals surface area contributed by atoms with Gasteiger partial charge in [0.25, 0.3) is 0 Å². The second-order valence-corrected chi connectivity index (χ2v) is 4.02. The second kappa shape index (κ2) is 3.48. The van der Waals surface area contributed by atoms with Crippen molar-refractivity contribution in [3.8, 4) is 0 Å². The third kappa shape index (κ3) is 1.66. The molecule has 1 aliphatic heterocycles. The Bertz CT molecular complexity index is 267. The average molecular weight is 198 g/mol. The van der Waals surface area contributed by atoms with Crippen LogP contribution in [0.1, 0.15) is 19.3 Å². The molecule has 2 atom stereocenters. The third-order valence-corrected chi connectivity index (χ3v) is 3.04. The highest BCUT2D eigenvalue weighted by Gasteiger charge is 2.36. The van der Waals surface area contributed by atoms with Gasteiger partial charge < -0.3 is 15.3 Å². The van der Waals surface area contributed by atoms with E-state index < -0.39 is 5.97 Å². The van der Waals surface area contributed by atoms with E-state index in [0.717, 1.165) is 19.3 Å². The standard InChI is InChI=1S/C9H14N2O3/c12-8(13)5-11-4-6-2-1-3-7(6)10-9(11)14/h6-7H,1-5H2,(H,10,14)(H,12,13). The van der Waals surface area contributed by atoms with Gasteiger partial charge in [0, 0.05) is 12.6 Å². The molecule has 0 aromatic carbocycles. The lowest BCUT2D eigenvalue weighted by Crippen LogP contribution is -2.56. The average Bonchev–Trinajstić information content (AvgIpc) is 2.51. The predicted molar refractivity (Wildman–Crippen MR) is 48.9 cm³/mol. The smallest absolute Gasteiger partial charge is 0.323 e. The summed E-state index contributed by atoms with van der Waals surface area (Å²) in [5.74, 6) is -0.497. The van der Waals surface area contributed by atoms with Crippen LogP contribution in [-0.2, 0) is 4.79 Å². The summed E-state index contributed by atoms with van der Waals surface area (Å²) in [4.78, 5) is 23.3. The molecule has 2 N–H and O–H groups in total. The Kier molecular flexibility index (Phi) is 2.31. The molecule has 2 aliphatic rings. The normalized spacial score (nSPS) is 31.1. The maximum Gasteiger partial charge on any atom is 0.323 e. The molecular formula is C9H14N2O3. The van der Waals surface area contributed by atoms with E-state index in [1.54, 1.807) is 0 Å². The fourth-order valence-electron chi connectivity index (χ4n) is 2.36. The summed E-state index contributed by atoms with van der Waals surface area (Å²) in [6.07, 6.45) is 3.27. The molecule has 1 saturated carbocycles. The summed E-state index contributed by atoms with van der Waals surface area (Å²) in [6, 6.07) is 0.0584. The van der Waals surface area contributed by atoms with Gasteiger partial charge in [0.05, 0.1) is 0 Å². The van der Waals surface area contributed by atoms with Crippen LogP contribution in [0, 0.1) is 5.92 Å². The first-order valence-electron chi connectivity index (χ1n) is 4.94. The summed E-state index contributed by atoms with van der Waals surface area (Å²) in [5.41, 5.74) is 0. The van der Waals surface area contributed by atoms with Crippen LogP contribution in [-0.4, -0.2) is 41.1 Å². The largest absolute Gasteiger partial charge is 0.480 e. The van der Waals surface area contributed by atoms with Gasteiger partial charge in [-0.25, -0.2) is 4.79 Å². The number of carbonyl (C=O) groups excluding carboxylic acids is 1. The Morgan fingerprint density at radius 3 is 3.07 bits per heavy atom. The van der Waals surface area contributed by atoms with Gasteiger partial charge in [0.1, 0.15) is 6.54 Å². The van der Waals surface area contributed by atoms with Gasteiger partial charge in [-0.1, -0.05) is 6.42 Å². The van der Waals surface area contributed by atoms with Crippen LogP contribution < -0.4 is 5.32 Å². The molecule has 0 bridgehead atoms. The molecule has 5 nitrogen and oxygen atoms in total. The van der Waals surface area contributed by atoms with Crippen molar-refractivity contribution in [3.63, 3.8) is 0 Å². The van der Waals surface area contributed by atoms with Crippen LogP contribution in [0.2, 0.25) is 0 Å². The lowest BCUT2D eigenvalue weighted by Gasteiger charge is -2.34. The number of nitrogens with zero attached hydrogens (tertiary/aromatic N) is 1. The first kappa shape index (κ1) is 9.30. The molecular weight excluding hydrogens is 184 g/mol. The van der Waals surface area contributed by atoms with Crippen molar-refractivity contribution >= 4 is 12.0 Å². The first-order valence-corrected chi connectivity index (χ1v) is 4.94. The van der Waals surface area contributed by atoms with Gasteiger partial charge in [0.2, 0.25) is 0 Å². The van der Waals surface area contributed by atoms with Gasteiger partial charge in [-0.2, -0.15) is 0 Å². The number of fused-ring (bicyclic) bond motifs is 1. The SMILES string of the molecule is O=C(O)CN1CC2CCCC2NC1=O. The highest BCUT2D eigenvalue weighted by Crippen LogP contribution is 2.29. The highest BCUT2D eigenvalue weighted by atomic mass is 16.4. The number of carboxylic acid groups (broad SMARTS) is 1. The topological polar surface area (TPSA) is 69.6 Å². The van der Waals surface area contributed by atoms with Crippen molar-refractivity contribution in [2.75, 3.05) is 13.1 Å². The minimum absolute atomic E-state index is 0.185. The molecule has 1 heterocycles. The molecule has 2 fully saturated rings. The van der Waals surface area contributed by atoms with Crippen LogP contribution in [0.5, 0.6) is 0 Å². The Morgan fingerprint density at radius 1 is 1.57 bits per heavy atom. The number of hydrogen-bond acceptors (Lipinski definition) is 2. The first-order chi connectivity index (χ1) is 6.66. The third-order valence-electron chi connectivity index (χ3n) is 3.04. The summed E-state index contributed by atoms with van der Waals surface area (Å²) in [5, 5.41) is 11.5. The lowest BCUT2D eigenvalue weighted by atomic mass is 10.0. The Labute approximate surface area is 82.1 Å². The molecule has 0 aromatic heterocycles. The van der Waals surface area contributed by atoms with E-state index in [9.17, 15) is 9.59 Å². The zero-order chi connectivity index (χ0) is 10.1. The molecule has 14 heavy (non-hydrogen) atoms. The minimum Gasteiger partial charge on any atom is -0.480 e. The van der Waals surface area contributed by atoms with Crippen molar-refractivity contribution in [2.24, 2.45) is 5.92 Å². The van der Waals surface area contributed by atoms with Gasteiger partial charge >= 0.3 is 12.0 Å². The second-order valence-electron chi connectivity index (χ2n) is 4.02. The van der Waals surface area contributed by atoms with Crippen LogP contribution in [0.15, 0.2) is 0 Å². The van der Waals surface area contributed by atoms with Crippen LogP contribution in [0.4, 0.5) is 4.79 Å². The number of rotatable bonds is 2. The molecule has 0 radical (unpaired) electrons. The van der Waals surface area contributed by atoms with Crippen LogP contribution >= 0.6 is 0 Å². The number of hydrogen-bond donors (Lipinski definition) is 2. The molecule has 2 rings (SSSR count). The van der Waals surface area contributed by atoms with Crippen molar-refractivity contribution in [3.05, 3.63) is 0 Å². The van der Waals surface area contributed by atoms with E-state index in [1.807, 2.05) is 0 Å². The molecule has 0 spiro atoms. The summed E-state index contributed by atoms with van der Waals surface area (Å²) in [7, 11) is 0. The quantitative estimate of drug-likeness (QED) is 0.669. The van der Waals surface area contributed by atoms with Crippen molar-refractivity contribution in [1.82, 2.24) is 10.2 Å². The van der Waals surface area contributed by atoms with E-state index in [0.29, 0.717) is 12.5 Å². The van der Waals surface area contributed by atoms with Gasteiger partial charge in [0.15, 0.2) is 0 Å². The monoisotopic (exact) mass is 198 g/mol. The fraction of sp³-hybridized carbons (Fsp3) is 0.778. The maximum absolute atomic E-state index is 11.4. The zero-order valence-electron chi connectivity index (χ0n) is 7.90. The van der Waals surface area contributed by atoms with Gasteiger partial charge in [-0.15, -0.1) is 0 Å². The van der Waals surface area contributed by atoms with Gasteiger partial charge in [-0.05, 0) is 18.8 Å². The number of amides is 2. The number of urea groups is 1. The molecule has 78 valence electrons. The predicted octanol–water partition coefficient (Wildman–Crippen LogP) is 0.265. The number of aliphatic carboxylic acids is 1. The van der Waals surface area contributed by atoms with Gasteiger partial charge in [-0.3, -0.25) is 4.79 Å². The van der Waals surface area contributed by atoms with E-state index in [2.05, 4.69) is 5.32 Å². The molecule has 1 saturated heterocycles. The number of nitrogens with one attached hydrogen (secondary N) is 1. The molecule has 0 aromatic rings. The minimum atomic E-state index is -0.948. The summed E-state index contributed by atoms with van der Waals surface area (Å²) < 4.78 is 0. The van der Waals surface area contributed by atoms with Crippen LogP contribution in [0.3, 0.4) is 0 Å². The van der Waals surface area contributed by atoms with E-state index >= 15 is 0 Å². The van der Waals surface area contributed by atoms with E-state index in [1.165, 1.54) is 4.90 Å². The maximum atomic E-state index is 11.4. The molecule has 2 unspecified atom stereocenters. The zero-order valence-corrected chi connectivity index (χ0v) is 7.90. The fourth-order valence-corrected chi connectivity index (χ4v) is 2.36. The summed E-state index contributed by atoms with van der Waals surface area (Å²) >= 11 is 0. The molecule has 1 aliphatic carbocycles. The van der Waals surface area contributed by atoms with E-state index in [-0.39, 0.29) is 18.6 Å². The Balaban J connectivity index is 1.99. The van der Waals surface area contributed by atoms with E-state index in [4.69, 9.17) is 5.11 Å². The summed E-state index contributed by atoms with van der Waals surface area (Å²) in [6.45, 7) is 0.415. The Hall–Kier alpha value is -1.26. The van der Waals surface area contributed by atoms with Crippen molar-refractivity contribution in [1.29, 1.82) is 0 Å². The Morgan fingerprint density at radius 2 is 2.36 bits per heavy atom. The number of carboxylic acids is 1. The lowest BCUT2D eigenvalue weighted by molar-refractivity contribution is -0.137. The van der Waals surface area contributed by atoms with Crippen molar-refractivity contribution < 1.29 is 14.7 Å².